The molecule has 9 heteroatoms. The predicted molar refractivity (Wildman–Crippen MR) is 371 cm³/mol. The Morgan fingerprint density at radius 3 is 1.09 bits per heavy atom. The van der Waals surface area contributed by atoms with Crippen LogP contribution in [0.5, 0.6) is 0 Å². The van der Waals surface area contributed by atoms with Crippen LogP contribution in [0.2, 0.25) is 0 Å². The van der Waals surface area contributed by atoms with Crippen molar-refractivity contribution in [1.29, 1.82) is 0 Å². The number of unbranched alkanes of at least 4 members (excludes halogenated alkanes) is 30. The van der Waals surface area contributed by atoms with Gasteiger partial charge in [0, 0.05) is 6.42 Å². The normalized spacial score (nSPS) is 14.5. The van der Waals surface area contributed by atoms with E-state index in [1.54, 1.807) is 6.08 Å². The lowest BCUT2D eigenvalue weighted by atomic mass is 10.0. The smallest absolute Gasteiger partial charge is 0.268 e. The van der Waals surface area contributed by atoms with Crippen molar-refractivity contribution in [3.05, 3.63) is 134 Å². The highest BCUT2D eigenvalue weighted by Crippen LogP contribution is 2.38. The molecule has 0 bridgehead atoms. The van der Waals surface area contributed by atoms with Crippen molar-refractivity contribution < 1.29 is 32.9 Å². The summed E-state index contributed by atoms with van der Waals surface area (Å²) in [6, 6.07) is -0.931. The fourth-order valence-electron chi connectivity index (χ4n) is 9.67. The summed E-state index contributed by atoms with van der Waals surface area (Å²) in [5.74, 6) is -0.229. The van der Waals surface area contributed by atoms with Gasteiger partial charge in [-0.2, -0.15) is 0 Å². The molecule has 85 heavy (non-hydrogen) atoms. The van der Waals surface area contributed by atoms with Gasteiger partial charge in [-0.05, 0) is 109 Å². The Morgan fingerprint density at radius 1 is 0.424 bits per heavy atom. The van der Waals surface area contributed by atoms with E-state index in [0.29, 0.717) is 17.4 Å². The molecule has 0 aliphatic carbocycles. The molecule has 0 saturated heterocycles. The van der Waals surface area contributed by atoms with Crippen LogP contribution in [0.25, 0.3) is 0 Å². The third-order valence-electron chi connectivity index (χ3n) is 15.1. The zero-order valence-electron chi connectivity index (χ0n) is 55.8. The molecule has 2 N–H and O–H groups in total. The lowest BCUT2D eigenvalue weighted by Gasteiger charge is -2.29. The summed E-state index contributed by atoms with van der Waals surface area (Å²) in [5.41, 5.74) is 0. The first-order chi connectivity index (χ1) is 41.5. The minimum Gasteiger partial charge on any atom is -0.756 e. The molecule has 3 unspecified atom stereocenters. The average Bonchev–Trinajstić information content (AvgIpc) is 3.49. The second kappa shape index (κ2) is 65.1. The summed E-state index contributed by atoms with van der Waals surface area (Å²) in [6.45, 7) is 4.51. The molecule has 0 spiro atoms. The highest BCUT2D eigenvalue weighted by atomic mass is 31.2. The van der Waals surface area contributed by atoms with Crippen molar-refractivity contribution in [3.8, 4) is 0 Å². The number of allylic oxidation sites excluding steroid dienone is 21. The first kappa shape index (κ1) is 81.6. The molecular weight excluding hydrogens is 1070 g/mol. The Hall–Kier alpha value is -3.36. The van der Waals surface area contributed by atoms with Crippen LogP contribution < -0.4 is 10.2 Å². The number of amides is 1. The summed E-state index contributed by atoms with van der Waals surface area (Å²) < 4.78 is 23.4. The number of nitrogens with one attached hydrogen (secondary N) is 1. The first-order valence-corrected chi connectivity index (χ1v) is 36.5. The van der Waals surface area contributed by atoms with Crippen LogP contribution in [-0.2, 0) is 18.4 Å². The number of rotatable bonds is 63. The Morgan fingerprint density at radius 2 is 0.729 bits per heavy atom. The van der Waals surface area contributed by atoms with Gasteiger partial charge < -0.3 is 28.8 Å². The lowest BCUT2D eigenvalue weighted by Crippen LogP contribution is -2.45. The Labute approximate surface area is 526 Å². The largest absolute Gasteiger partial charge is 0.756 e. The van der Waals surface area contributed by atoms with Crippen molar-refractivity contribution in [2.24, 2.45) is 0 Å². The molecule has 0 aromatic rings. The summed E-state index contributed by atoms with van der Waals surface area (Å²) in [6.07, 6.45) is 98.6. The van der Waals surface area contributed by atoms with Gasteiger partial charge in [-0.1, -0.05) is 308 Å². The van der Waals surface area contributed by atoms with Crippen LogP contribution in [0.3, 0.4) is 0 Å². The quantitative estimate of drug-likeness (QED) is 0.0272. The zero-order valence-corrected chi connectivity index (χ0v) is 56.7. The molecule has 0 fully saturated rings. The molecule has 0 saturated carbocycles. The number of nitrogens with zero attached hydrogens (tertiary/aromatic N) is 1. The van der Waals surface area contributed by atoms with E-state index in [9.17, 15) is 19.4 Å². The summed E-state index contributed by atoms with van der Waals surface area (Å²) >= 11 is 0. The van der Waals surface area contributed by atoms with E-state index in [-0.39, 0.29) is 12.5 Å². The fraction of sp³-hybridized carbons (Fsp3) is 0.697. The SMILES string of the molecule is CC/C=C\C/C=C\C/C=C\C/C=C\C/C=C\C/C=C\C/C=C\C/C=C\CCCCCCCCC(=O)NC(COP(=O)([O-])OCC[N+](C)(C)C)C(O)/C=C/CC/C=C/CC/C=C/CCCCCCCCCCCCCCCCCCCCCCCC. The fourth-order valence-corrected chi connectivity index (χ4v) is 10.4. The molecule has 488 valence electrons. The highest BCUT2D eigenvalue weighted by molar-refractivity contribution is 7.45. The minimum atomic E-state index is -4.63. The second-order valence-corrected chi connectivity index (χ2v) is 25.9. The third kappa shape index (κ3) is 68.0. The number of quaternary nitrogens is 1. The first-order valence-electron chi connectivity index (χ1n) is 35.0. The van der Waals surface area contributed by atoms with Gasteiger partial charge in [-0.3, -0.25) is 9.36 Å². The van der Waals surface area contributed by atoms with Gasteiger partial charge in [0.05, 0.1) is 39.9 Å². The minimum absolute atomic E-state index is 0.0194. The number of phosphoric ester groups is 1. The second-order valence-electron chi connectivity index (χ2n) is 24.5. The van der Waals surface area contributed by atoms with Crippen molar-refractivity contribution in [2.75, 3.05) is 40.9 Å². The Bertz CT molecular complexity index is 1850. The van der Waals surface area contributed by atoms with Crippen molar-refractivity contribution >= 4 is 13.7 Å². The summed E-state index contributed by atoms with van der Waals surface area (Å²) in [4.78, 5) is 25.6. The molecule has 0 rings (SSSR count). The predicted octanol–water partition coefficient (Wildman–Crippen LogP) is 22.0. The molecule has 0 heterocycles. The van der Waals surface area contributed by atoms with Gasteiger partial charge in [0.15, 0.2) is 0 Å². The van der Waals surface area contributed by atoms with Crippen molar-refractivity contribution in [2.45, 2.75) is 302 Å². The van der Waals surface area contributed by atoms with E-state index in [1.165, 1.54) is 148 Å². The van der Waals surface area contributed by atoms with E-state index < -0.39 is 26.6 Å². The summed E-state index contributed by atoms with van der Waals surface area (Å²) in [7, 11) is 1.21. The topological polar surface area (TPSA) is 108 Å². The maximum absolute atomic E-state index is 13.0. The van der Waals surface area contributed by atoms with E-state index >= 15 is 0 Å². The Kier molecular flexibility index (Phi) is 62.5. The van der Waals surface area contributed by atoms with E-state index in [2.05, 4.69) is 141 Å². The number of hydrogen-bond acceptors (Lipinski definition) is 6. The average molecular weight is 1200 g/mol. The van der Waals surface area contributed by atoms with E-state index in [4.69, 9.17) is 9.05 Å². The van der Waals surface area contributed by atoms with Crippen molar-refractivity contribution in [3.63, 3.8) is 0 Å². The lowest BCUT2D eigenvalue weighted by molar-refractivity contribution is -0.870. The molecule has 0 aliphatic rings. The summed E-state index contributed by atoms with van der Waals surface area (Å²) in [5, 5.41) is 13.9. The van der Waals surface area contributed by atoms with Crippen LogP contribution >= 0.6 is 7.82 Å². The number of likely N-dealkylation sites (N-methyl/N-ethyl adjacent to an activating group) is 1. The molecular formula is C76H133N2O6P. The number of phosphoric acid groups is 1. The van der Waals surface area contributed by atoms with Gasteiger partial charge in [0.2, 0.25) is 5.91 Å². The highest BCUT2D eigenvalue weighted by Gasteiger charge is 2.23. The molecule has 8 nitrogen and oxygen atoms in total. The van der Waals surface area contributed by atoms with Gasteiger partial charge in [0.1, 0.15) is 13.2 Å². The molecule has 0 aromatic heterocycles. The Balaban J connectivity index is 4.23. The number of carbonyl (C=O) groups excluding carboxylic acids is 1. The van der Waals surface area contributed by atoms with Crippen LogP contribution in [0, 0.1) is 0 Å². The number of hydrogen-bond donors (Lipinski definition) is 2. The van der Waals surface area contributed by atoms with Gasteiger partial charge >= 0.3 is 0 Å². The van der Waals surface area contributed by atoms with Crippen LogP contribution in [0.15, 0.2) is 134 Å². The molecule has 0 aromatic carbocycles. The number of aliphatic hydroxyl groups excluding tert-OH is 1. The van der Waals surface area contributed by atoms with Gasteiger partial charge in [-0.25, -0.2) is 0 Å². The monoisotopic (exact) mass is 1200 g/mol. The van der Waals surface area contributed by atoms with Crippen molar-refractivity contribution in [1.82, 2.24) is 5.32 Å². The maximum atomic E-state index is 13.0. The van der Waals surface area contributed by atoms with E-state index in [1.807, 2.05) is 27.2 Å². The number of aliphatic hydroxyl groups is 1. The standard InChI is InChI=1S/C76H133N2O6P/c1-6-8-10-12-14-16-18-20-22-24-26-28-30-32-34-36-38-40-41-43-45-47-49-51-53-55-57-59-61-63-65-67-69-75(79)74(73-84-85(81,82)83-72-71-78(3,4)5)77-76(80)70-68-66-64-62-60-58-56-54-52-50-48-46-44-42-39-37-35-33-31-29-27-25-23-21-19-17-15-13-11-9-7-2/h9,11,15,17,21,23,27,29,33,35,39,42,46,48,51-54,59,61,67,69,74-75,79H,6-8,10,12-14,16,18-20,22,24-26,28,30-32,34,36-38,40-41,43-45,47,49-50,55-58,60,62-66,68,70-73H2,1-5H3,(H-,77,80,81,82)/b11-9-,17-15-,23-21-,29-27-,35-33-,42-39-,48-46-,53-51+,54-52-,61-59+,69-67+. The number of carbonyl (C=O) groups is 1. The maximum Gasteiger partial charge on any atom is 0.268 e. The molecule has 1 amide bonds. The van der Waals surface area contributed by atoms with Crippen LogP contribution in [0.1, 0.15) is 290 Å². The van der Waals surface area contributed by atoms with Gasteiger partial charge in [0.25, 0.3) is 7.82 Å². The van der Waals surface area contributed by atoms with Crippen LogP contribution in [-0.4, -0.2) is 68.5 Å². The molecule has 3 atom stereocenters. The molecule has 0 aliphatic heterocycles. The molecule has 0 radical (unpaired) electrons. The third-order valence-corrected chi connectivity index (χ3v) is 16.0. The zero-order chi connectivity index (χ0) is 61.9. The van der Waals surface area contributed by atoms with Crippen LogP contribution in [0.4, 0.5) is 0 Å². The van der Waals surface area contributed by atoms with E-state index in [0.717, 1.165) is 122 Å². The van der Waals surface area contributed by atoms with Gasteiger partial charge in [-0.15, -0.1) is 0 Å².